The molecule has 0 heterocycles. The average Bonchev–Trinajstić information content (AvgIpc) is 2.43. The molecule has 0 unspecified atom stereocenters. The van der Waals surface area contributed by atoms with E-state index in [1.54, 1.807) is 24.3 Å². The molecule has 0 saturated carbocycles. The Morgan fingerprint density at radius 2 is 1.71 bits per heavy atom. The van der Waals surface area contributed by atoms with Gasteiger partial charge >= 0.3 is 0 Å². The first-order valence-corrected chi connectivity index (χ1v) is 9.02. The third-order valence-corrected chi connectivity index (χ3v) is 4.40. The number of carbonyl (C=O) groups is 1. The van der Waals surface area contributed by atoms with Crippen LogP contribution >= 0.6 is 0 Å². The van der Waals surface area contributed by atoms with E-state index in [1.807, 2.05) is 13.8 Å². The number of carbonyl (C=O) groups excluding carboxylic acids is 1. The number of aliphatic hydroxyl groups is 1. The predicted octanol–water partition coefficient (Wildman–Crippen LogP) is 1.51. The van der Waals surface area contributed by atoms with Gasteiger partial charge < -0.3 is 10.4 Å². The molecule has 0 fully saturated rings. The normalized spacial score (nSPS) is 12.2. The van der Waals surface area contributed by atoms with E-state index in [1.165, 1.54) is 6.26 Å². The van der Waals surface area contributed by atoms with Crippen LogP contribution in [0.5, 0.6) is 0 Å². The highest BCUT2D eigenvalue weighted by Gasteiger charge is 2.22. The van der Waals surface area contributed by atoms with Crippen LogP contribution in [-0.4, -0.2) is 37.8 Å². The Labute approximate surface area is 126 Å². The van der Waals surface area contributed by atoms with Crippen LogP contribution in [0.3, 0.4) is 0 Å². The highest BCUT2D eigenvalue weighted by molar-refractivity contribution is 7.89. The summed E-state index contributed by atoms with van der Waals surface area (Å²) in [6.45, 7) is 3.94. The van der Waals surface area contributed by atoms with Gasteiger partial charge in [0.1, 0.15) is 0 Å². The molecule has 0 spiro atoms. The zero-order valence-electron chi connectivity index (χ0n) is 12.7. The molecule has 1 amide bonds. The molecule has 1 aromatic rings. The Balaban J connectivity index is 2.68. The highest BCUT2D eigenvalue weighted by atomic mass is 32.2. The van der Waals surface area contributed by atoms with Crippen LogP contribution in [0.1, 0.15) is 42.6 Å². The zero-order chi connectivity index (χ0) is 16.1. The minimum Gasteiger partial charge on any atom is -0.388 e. The van der Waals surface area contributed by atoms with Crippen LogP contribution in [0.15, 0.2) is 24.3 Å². The molecule has 0 aliphatic carbocycles. The summed E-state index contributed by atoms with van der Waals surface area (Å²) in [5, 5.41) is 12.8. The number of rotatable bonds is 7. The molecule has 1 rings (SSSR count). The van der Waals surface area contributed by atoms with E-state index in [9.17, 15) is 18.3 Å². The van der Waals surface area contributed by atoms with E-state index in [0.29, 0.717) is 24.0 Å². The Hall–Kier alpha value is -1.40. The lowest BCUT2D eigenvalue weighted by Gasteiger charge is -2.25. The van der Waals surface area contributed by atoms with Crippen LogP contribution in [-0.2, 0) is 15.6 Å². The standard InChI is InChI=1S/C15H23NO4S/c1-4-15(18,5-2)11-16-14(17)13-8-6-12(7-9-13)10-21(3,19)20/h6-9,18H,4-5,10-11H2,1-3H3,(H,16,17). The van der Waals surface area contributed by atoms with Crippen molar-refractivity contribution >= 4 is 15.7 Å². The lowest BCUT2D eigenvalue weighted by molar-refractivity contribution is 0.0314. The van der Waals surface area contributed by atoms with E-state index in [2.05, 4.69) is 5.32 Å². The van der Waals surface area contributed by atoms with Gasteiger partial charge in [0.15, 0.2) is 9.84 Å². The maximum Gasteiger partial charge on any atom is 0.251 e. The van der Waals surface area contributed by atoms with Crippen molar-refractivity contribution < 1.29 is 18.3 Å². The number of sulfone groups is 1. The number of hydrogen-bond donors (Lipinski definition) is 2. The molecular formula is C15H23NO4S. The van der Waals surface area contributed by atoms with Gasteiger partial charge in [-0.05, 0) is 30.5 Å². The van der Waals surface area contributed by atoms with E-state index in [0.717, 1.165) is 0 Å². The van der Waals surface area contributed by atoms with Gasteiger partial charge in [-0.15, -0.1) is 0 Å². The number of amides is 1. The van der Waals surface area contributed by atoms with Crippen molar-refractivity contribution in [3.05, 3.63) is 35.4 Å². The molecular weight excluding hydrogens is 290 g/mol. The smallest absolute Gasteiger partial charge is 0.251 e. The monoisotopic (exact) mass is 313 g/mol. The lowest BCUT2D eigenvalue weighted by Crippen LogP contribution is -2.42. The van der Waals surface area contributed by atoms with E-state index < -0.39 is 15.4 Å². The molecule has 0 atom stereocenters. The fraction of sp³-hybridized carbons (Fsp3) is 0.533. The molecule has 21 heavy (non-hydrogen) atoms. The molecule has 0 aliphatic rings. The minimum atomic E-state index is -3.08. The van der Waals surface area contributed by atoms with Gasteiger partial charge in [-0.2, -0.15) is 0 Å². The lowest BCUT2D eigenvalue weighted by atomic mass is 9.97. The van der Waals surface area contributed by atoms with Gasteiger partial charge in [0.2, 0.25) is 0 Å². The predicted molar refractivity (Wildman–Crippen MR) is 82.9 cm³/mol. The van der Waals surface area contributed by atoms with E-state index in [-0.39, 0.29) is 18.2 Å². The van der Waals surface area contributed by atoms with Crippen molar-refractivity contribution in [2.45, 2.75) is 38.0 Å². The molecule has 1 aromatic carbocycles. The van der Waals surface area contributed by atoms with Crippen LogP contribution in [0.25, 0.3) is 0 Å². The SMILES string of the molecule is CCC(O)(CC)CNC(=O)c1ccc(CS(C)(=O)=O)cc1. The zero-order valence-corrected chi connectivity index (χ0v) is 13.5. The largest absolute Gasteiger partial charge is 0.388 e. The molecule has 2 N–H and O–H groups in total. The average molecular weight is 313 g/mol. The topological polar surface area (TPSA) is 83.5 Å². The Kier molecular flexibility index (Phi) is 5.92. The maximum atomic E-state index is 12.0. The molecule has 0 bridgehead atoms. The summed E-state index contributed by atoms with van der Waals surface area (Å²) in [6, 6.07) is 6.43. The van der Waals surface area contributed by atoms with Crippen LogP contribution < -0.4 is 5.32 Å². The molecule has 0 saturated heterocycles. The molecule has 0 aliphatic heterocycles. The summed E-state index contributed by atoms with van der Waals surface area (Å²) in [7, 11) is -3.08. The van der Waals surface area contributed by atoms with Crippen LogP contribution in [0, 0.1) is 0 Å². The van der Waals surface area contributed by atoms with E-state index in [4.69, 9.17) is 0 Å². The fourth-order valence-electron chi connectivity index (χ4n) is 1.90. The number of nitrogens with one attached hydrogen (secondary N) is 1. The van der Waals surface area contributed by atoms with Crippen molar-refractivity contribution in [2.24, 2.45) is 0 Å². The Bertz CT molecular complexity index is 574. The molecule has 6 heteroatoms. The summed E-state index contributed by atoms with van der Waals surface area (Å²) in [5.41, 5.74) is 0.209. The van der Waals surface area contributed by atoms with Crippen LogP contribution in [0.4, 0.5) is 0 Å². The molecule has 0 radical (unpaired) electrons. The van der Waals surface area contributed by atoms with Crippen LogP contribution in [0.2, 0.25) is 0 Å². The highest BCUT2D eigenvalue weighted by Crippen LogP contribution is 2.13. The van der Waals surface area contributed by atoms with Gasteiger partial charge in [0.25, 0.3) is 5.91 Å². The second-order valence-electron chi connectivity index (χ2n) is 5.38. The second kappa shape index (κ2) is 7.04. The van der Waals surface area contributed by atoms with Gasteiger partial charge in [0, 0.05) is 18.4 Å². The minimum absolute atomic E-state index is 0.0413. The fourth-order valence-corrected chi connectivity index (χ4v) is 2.70. The quantitative estimate of drug-likeness (QED) is 0.799. The first-order chi connectivity index (χ1) is 9.69. The summed E-state index contributed by atoms with van der Waals surface area (Å²) >= 11 is 0. The van der Waals surface area contributed by atoms with Crippen molar-refractivity contribution in [3.8, 4) is 0 Å². The Morgan fingerprint density at radius 1 is 1.19 bits per heavy atom. The maximum absolute atomic E-state index is 12.0. The first-order valence-electron chi connectivity index (χ1n) is 6.96. The van der Waals surface area contributed by atoms with Gasteiger partial charge in [0.05, 0.1) is 11.4 Å². The third kappa shape index (κ3) is 5.85. The summed E-state index contributed by atoms with van der Waals surface area (Å²) < 4.78 is 22.4. The van der Waals surface area contributed by atoms with E-state index >= 15 is 0 Å². The second-order valence-corrected chi connectivity index (χ2v) is 7.52. The van der Waals surface area contributed by atoms with Gasteiger partial charge in [-0.1, -0.05) is 26.0 Å². The summed E-state index contributed by atoms with van der Waals surface area (Å²) in [6.07, 6.45) is 2.30. The van der Waals surface area contributed by atoms with Crippen molar-refractivity contribution in [1.29, 1.82) is 0 Å². The van der Waals surface area contributed by atoms with Crippen molar-refractivity contribution in [2.75, 3.05) is 12.8 Å². The number of hydrogen-bond acceptors (Lipinski definition) is 4. The molecule has 5 nitrogen and oxygen atoms in total. The Morgan fingerprint density at radius 3 is 2.14 bits per heavy atom. The first kappa shape index (κ1) is 17.7. The van der Waals surface area contributed by atoms with Gasteiger partial charge in [-0.25, -0.2) is 8.42 Å². The van der Waals surface area contributed by atoms with Gasteiger partial charge in [-0.3, -0.25) is 4.79 Å². The summed E-state index contributed by atoms with van der Waals surface area (Å²) in [4.78, 5) is 12.0. The van der Waals surface area contributed by atoms with Crippen molar-refractivity contribution in [3.63, 3.8) is 0 Å². The number of benzene rings is 1. The molecule has 0 aromatic heterocycles. The summed E-state index contributed by atoms with van der Waals surface area (Å²) in [5.74, 6) is -0.318. The van der Waals surface area contributed by atoms with Crippen molar-refractivity contribution in [1.82, 2.24) is 5.32 Å². The molecule has 118 valence electrons. The third-order valence-electron chi connectivity index (χ3n) is 3.54.